The number of hydrogen-bond acceptors (Lipinski definition) is 4. The molecule has 0 radical (unpaired) electrons. The fraction of sp³-hybridized carbons (Fsp3) is 0.217. The summed E-state index contributed by atoms with van der Waals surface area (Å²) in [7, 11) is 0. The molecule has 0 saturated carbocycles. The molecular formula is C23H20F3NO4. The predicted octanol–water partition coefficient (Wildman–Crippen LogP) is 7.25. The molecule has 0 bridgehead atoms. The molecule has 0 aliphatic rings. The standard InChI is InChI=1S/C23H20F3NO4/c1-22(2,3)17-7-11-18(12-8-17)30-21-13-6-16(14-20(21)27(28)29)15-4-9-19(10-5-15)31-23(24,25)26/h4-14H,1-3H3. The van der Waals surface area contributed by atoms with Gasteiger partial charge in [-0.05, 0) is 52.4 Å². The summed E-state index contributed by atoms with van der Waals surface area (Å²) in [5.74, 6) is 0.149. The Balaban J connectivity index is 1.85. The third-order valence-electron chi connectivity index (χ3n) is 4.53. The summed E-state index contributed by atoms with van der Waals surface area (Å²) in [6.07, 6.45) is -4.79. The first-order valence-corrected chi connectivity index (χ1v) is 9.35. The lowest BCUT2D eigenvalue weighted by molar-refractivity contribution is -0.385. The lowest BCUT2D eigenvalue weighted by Gasteiger charge is -2.19. The molecule has 0 aliphatic heterocycles. The number of rotatable bonds is 5. The van der Waals surface area contributed by atoms with Crippen molar-refractivity contribution < 1.29 is 27.6 Å². The van der Waals surface area contributed by atoms with E-state index in [2.05, 4.69) is 25.5 Å². The van der Waals surface area contributed by atoms with Crippen molar-refractivity contribution in [3.8, 4) is 28.4 Å². The highest BCUT2D eigenvalue weighted by Gasteiger charge is 2.31. The van der Waals surface area contributed by atoms with Gasteiger partial charge in [0.1, 0.15) is 11.5 Å². The average molecular weight is 431 g/mol. The summed E-state index contributed by atoms with van der Waals surface area (Å²) in [5, 5.41) is 11.6. The fourth-order valence-corrected chi connectivity index (χ4v) is 2.92. The van der Waals surface area contributed by atoms with Gasteiger partial charge in [0.2, 0.25) is 5.75 Å². The van der Waals surface area contributed by atoms with Crippen LogP contribution in [-0.2, 0) is 5.41 Å². The van der Waals surface area contributed by atoms with Gasteiger partial charge < -0.3 is 9.47 Å². The van der Waals surface area contributed by atoms with Crippen LogP contribution in [0.5, 0.6) is 17.2 Å². The molecule has 0 aromatic heterocycles. The summed E-state index contributed by atoms with van der Waals surface area (Å²) >= 11 is 0. The van der Waals surface area contributed by atoms with Crippen LogP contribution in [0.2, 0.25) is 0 Å². The minimum atomic E-state index is -4.79. The molecule has 0 unspecified atom stereocenters. The van der Waals surface area contributed by atoms with Crippen LogP contribution in [0.1, 0.15) is 26.3 Å². The van der Waals surface area contributed by atoms with Crippen LogP contribution in [-0.4, -0.2) is 11.3 Å². The maximum absolute atomic E-state index is 12.3. The van der Waals surface area contributed by atoms with Crippen LogP contribution >= 0.6 is 0 Å². The maximum atomic E-state index is 12.3. The summed E-state index contributed by atoms with van der Waals surface area (Å²) in [4.78, 5) is 11.0. The molecule has 0 atom stereocenters. The van der Waals surface area contributed by atoms with Crippen molar-refractivity contribution in [3.05, 3.63) is 82.4 Å². The first-order valence-electron chi connectivity index (χ1n) is 9.35. The van der Waals surface area contributed by atoms with Gasteiger partial charge in [0, 0.05) is 6.07 Å². The van der Waals surface area contributed by atoms with Crippen molar-refractivity contribution in [2.75, 3.05) is 0 Å². The Hall–Kier alpha value is -3.55. The van der Waals surface area contributed by atoms with Crippen molar-refractivity contribution in [1.29, 1.82) is 0 Å². The van der Waals surface area contributed by atoms with Crippen molar-refractivity contribution >= 4 is 5.69 Å². The minimum Gasteiger partial charge on any atom is -0.450 e. The zero-order valence-electron chi connectivity index (χ0n) is 17.1. The second-order valence-electron chi connectivity index (χ2n) is 7.89. The lowest BCUT2D eigenvalue weighted by Crippen LogP contribution is -2.16. The highest BCUT2D eigenvalue weighted by molar-refractivity contribution is 5.69. The Morgan fingerprint density at radius 2 is 1.35 bits per heavy atom. The van der Waals surface area contributed by atoms with E-state index >= 15 is 0 Å². The molecule has 8 heteroatoms. The van der Waals surface area contributed by atoms with E-state index in [1.165, 1.54) is 24.3 Å². The molecule has 0 spiro atoms. The SMILES string of the molecule is CC(C)(C)c1ccc(Oc2ccc(-c3ccc(OC(F)(F)F)cc3)cc2[N+](=O)[O-])cc1. The number of nitro benzene ring substituents is 1. The highest BCUT2D eigenvalue weighted by atomic mass is 19.4. The van der Waals surface area contributed by atoms with Gasteiger partial charge in [-0.3, -0.25) is 10.1 Å². The van der Waals surface area contributed by atoms with Crippen molar-refractivity contribution in [3.63, 3.8) is 0 Å². The number of hydrogen-bond donors (Lipinski definition) is 0. The summed E-state index contributed by atoms with van der Waals surface area (Å²) in [5.41, 5.74) is 1.77. The highest BCUT2D eigenvalue weighted by Crippen LogP contribution is 2.36. The molecule has 0 fully saturated rings. The molecular weight excluding hydrogens is 411 g/mol. The summed E-state index contributed by atoms with van der Waals surface area (Å²) in [6, 6.07) is 16.8. The van der Waals surface area contributed by atoms with Crippen LogP contribution in [0, 0.1) is 10.1 Å². The van der Waals surface area contributed by atoms with E-state index in [0.29, 0.717) is 16.9 Å². The van der Waals surface area contributed by atoms with Gasteiger partial charge in [-0.15, -0.1) is 13.2 Å². The largest absolute Gasteiger partial charge is 0.573 e. The van der Waals surface area contributed by atoms with E-state index in [9.17, 15) is 23.3 Å². The summed E-state index contributed by atoms with van der Waals surface area (Å²) < 4.78 is 46.5. The molecule has 162 valence electrons. The van der Waals surface area contributed by atoms with E-state index in [1.54, 1.807) is 18.2 Å². The number of halogens is 3. The predicted molar refractivity (Wildman–Crippen MR) is 110 cm³/mol. The molecule has 0 saturated heterocycles. The van der Waals surface area contributed by atoms with Crippen molar-refractivity contribution in [1.82, 2.24) is 0 Å². The molecule has 5 nitrogen and oxygen atoms in total. The van der Waals surface area contributed by atoms with Gasteiger partial charge in [0.15, 0.2) is 0 Å². The first-order chi connectivity index (χ1) is 14.4. The van der Waals surface area contributed by atoms with E-state index in [1.807, 2.05) is 12.1 Å². The maximum Gasteiger partial charge on any atom is 0.573 e. The molecule has 0 aliphatic carbocycles. The molecule has 31 heavy (non-hydrogen) atoms. The van der Waals surface area contributed by atoms with E-state index in [-0.39, 0.29) is 22.6 Å². The van der Waals surface area contributed by atoms with E-state index in [0.717, 1.165) is 17.7 Å². The van der Waals surface area contributed by atoms with Crippen molar-refractivity contribution in [2.45, 2.75) is 32.5 Å². The minimum absolute atomic E-state index is 0.0349. The lowest BCUT2D eigenvalue weighted by atomic mass is 9.87. The second kappa shape index (κ2) is 8.29. The fourth-order valence-electron chi connectivity index (χ4n) is 2.92. The number of nitrogens with zero attached hydrogens (tertiary/aromatic N) is 1. The zero-order chi connectivity index (χ0) is 22.8. The Kier molecular flexibility index (Phi) is 5.92. The Morgan fingerprint density at radius 1 is 0.806 bits per heavy atom. The number of nitro groups is 1. The molecule has 0 amide bonds. The molecule has 0 N–H and O–H groups in total. The van der Waals surface area contributed by atoms with Gasteiger partial charge in [-0.25, -0.2) is 0 Å². The smallest absolute Gasteiger partial charge is 0.450 e. The molecule has 3 aromatic rings. The van der Waals surface area contributed by atoms with Gasteiger partial charge in [0.05, 0.1) is 4.92 Å². The van der Waals surface area contributed by atoms with Crippen LogP contribution < -0.4 is 9.47 Å². The number of ether oxygens (including phenoxy) is 2. The molecule has 0 heterocycles. The van der Waals surface area contributed by atoms with Crippen LogP contribution in [0.3, 0.4) is 0 Å². The van der Waals surface area contributed by atoms with Gasteiger partial charge in [0.25, 0.3) is 0 Å². The third kappa shape index (κ3) is 5.75. The van der Waals surface area contributed by atoms with Gasteiger partial charge >= 0.3 is 12.0 Å². The third-order valence-corrected chi connectivity index (χ3v) is 4.53. The van der Waals surface area contributed by atoms with Gasteiger partial charge in [-0.2, -0.15) is 0 Å². The molecule has 3 rings (SSSR count). The monoisotopic (exact) mass is 431 g/mol. The normalized spacial score (nSPS) is 11.8. The number of benzene rings is 3. The summed E-state index contributed by atoms with van der Waals surface area (Å²) in [6.45, 7) is 6.23. The topological polar surface area (TPSA) is 61.6 Å². The Labute approximate surface area is 177 Å². The van der Waals surface area contributed by atoms with Crippen LogP contribution in [0.4, 0.5) is 18.9 Å². The van der Waals surface area contributed by atoms with E-state index < -0.39 is 11.3 Å². The number of alkyl halides is 3. The van der Waals surface area contributed by atoms with Crippen molar-refractivity contribution in [2.24, 2.45) is 0 Å². The molecule has 3 aromatic carbocycles. The van der Waals surface area contributed by atoms with Crippen LogP contribution in [0.25, 0.3) is 11.1 Å². The van der Waals surface area contributed by atoms with Gasteiger partial charge in [-0.1, -0.05) is 51.1 Å². The quantitative estimate of drug-likeness (QED) is 0.315. The second-order valence-corrected chi connectivity index (χ2v) is 7.89. The van der Waals surface area contributed by atoms with Crippen LogP contribution in [0.15, 0.2) is 66.7 Å². The average Bonchev–Trinajstić information content (AvgIpc) is 2.67. The first kappa shape index (κ1) is 22.1. The Bertz CT molecular complexity index is 1070. The zero-order valence-corrected chi connectivity index (χ0v) is 17.1. The van der Waals surface area contributed by atoms with E-state index in [4.69, 9.17) is 4.74 Å². The Morgan fingerprint density at radius 3 is 1.87 bits per heavy atom.